The van der Waals surface area contributed by atoms with E-state index < -0.39 is 11.9 Å². The number of carboxylic acid groups (broad SMARTS) is 1. The van der Waals surface area contributed by atoms with Crippen LogP contribution in [0, 0.1) is 11.8 Å². The Hall–Kier alpha value is -1.92. The van der Waals surface area contributed by atoms with Crippen molar-refractivity contribution in [3.8, 4) is 0 Å². The fourth-order valence-electron chi connectivity index (χ4n) is 2.02. The topological polar surface area (TPSA) is 105 Å². The van der Waals surface area contributed by atoms with Gasteiger partial charge in [0.2, 0.25) is 12.3 Å². The molecule has 17 heavy (non-hydrogen) atoms. The summed E-state index contributed by atoms with van der Waals surface area (Å²) in [5, 5.41) is 15.1. The number of aliphatic carboxylic acids is 1. The lowest BCUT2D eigenvalue weighted by molar-refractivity contribution is -0.141. The van der Waals surface area contributed by atoms with Crippen molar-refractivity contribution >= 4 is 11.9 Å². The van der Waals surface area contributed by atoms with Crippen LogP contribution in [0.2, 0.25) is 0 Å². The zero-order chi connectivity index (χ0) is 12.3. The molecule has 1 heterocycles. The molecule has 0 aromatic carbocycles. The predicted molar refractivity (Wildman–Crippen MR) is 54.6 cm³/mol. The lowest BCUT2D eigenvalue weighted by atomic mass is 10.0. The molecule has 1 aromatic heterocycles. The van der Waals surface area contributed by atoms with Crippen LogP contribution < -0.4 is 5.32 Å². The molecular weight excluding hydrogens is 226 g/mol. The second-order valence-electron chi connectivity index (χ2n) is 4.11. The van der Waals surface area contributed by atoms with E-state index in [1.54, 1.807) is 0 Å². The van der Waals surface area contributed by atoms with E-state index in [2.05, 4.69) is 20.0 Å². The van der Waals surface area contributed by atoms with Crippen molar-refractivity contribution in [1.82, 2.24) is 15.5 Å². The van der Waals surface area contributed by atoms with Crippen molar-refractivity contribution in [2.75, 3.05) is 0 Å². The Labute approximate surface area is 97.2 Å². The number of carbonyl (C=O) groups excluding carboxylic acids is 1. The van der Waals surface area contributed by atoms with Gasteiger partial charge < -0.3 is 14.9 Å². The molecule has 1 aliphatic rings. The van der Waals surface area contributed by atoms with Crippen LogP contribution in [0.4, 0.5) is 0 Å². The minimum atomic E-state index is -0.821. The lowest BCUT2D eigenvalue weighted by Gasteiger charge is -2.08. The van der Waals surface area contributed by atoms with E-state index >= 15 is 0 Å². The van der Waals surface area contributed by atoms with Gasteiger partial charge in [-0.2, -0.15) is 4.98 Å². The Balaban J connectivity index is 1.79. The number of carbonyl (C=O) groups is 2. The van der Waals surface area contributed by atoms with Crippen LogP contribution in [0.3, 0.4) is 0 Å². The molecule has 1 aliphatic carbocycles. The van der Waals surface area contributed by atoms with Crippen LogP contribution in [0.1, 0.15) is 25.1 Å². The first-order valence-electron chi connectivity index (χ1n) is 5.42. The van der Waals surface area contributed by atoms with Crippen LogP contribution in [-0.2, 0) is 16.1 Å². The van der Waals surface area contributed by atoms with Crippen LogP contribution in [0.25, 0.3) is 0 Å². The second kappa shape index (κ2) is 4.94. The maximum absolute atomic E-state index is 11.7. The number of amides is 1. The summed E-state index contributed by atoms with van der Waals surface area (Å²) in [6, 6.07) is 0. The fourth-order valence-corrected chi connectivity index (χ4v) is 2.02. The van der Waals surface area contributed by atoms with Gasteiger partial charge in [0.1, 0.15) is 0 Å². The zero-order valence-electron chi connectivity index (χ0n) is 9.13. The number of aromatic nitrogens is 2. The predicted octanol–water partition coefficient (Wildman–Crippen LogP) is 0.187. The molecule has 0 bridgehead atoms. The Kier molecular flexibility index (Phi) is 3.36. The highest BCUT2D eigenvalue weighted by atomic mass is 16.5. The molecule has 2 atom stereocenters. The summed E-state index contributed by atoms with van der Waals surface area (Å²) in [7, 11) is 0. The van der Waals surface area contributed by atoms with E-state index in [4.69, 9.17) is 5.11 Å². The standard InChI is InChI=1S/C10H13N3O4/c14-9(11-4-8-12-5-17-13-8)6-1-2-7(3-6)10(15)16/h5-7H,1-4H2,(H,11,14)(H,15,16)/t6-,7+/m1/s1. The minimum Gasteiger partial charge on any atom is -0.481 e. The summed E-state index contributed by atoms with van der Waals surface area (Å²) in [4.78, 5) is 26.2. The third kappa shape index (κ3) is 2.80. The van der Waals surface area contributed by atoms with Gasteiger partial charge in [-0.05, 0) is 19.3 Å². The van der Waals surface area contributed by atoms with Crippen molar-refractivity contribution in [2.45, 2.75) is 25.8 Å². The molecule has 2 N–H and O–H groups in total. The SMILES string of the molecule is O=C(O)[C@H]1CC[C@@H](C(=O)NCc2ncon2)C1. The van der Waals surface area contributed by atoms with E-state index in [-0.39, 0.29) is 18.4 Å². The number of hydrogen-bond acceptors (Lipinski definition) is 5. The van der Waals surface area contributed by atoms with Crippen LogP contribution in [-0.4, -0.2) is 27.1 Å². The molecular formula is C10H13N3O4. The third-order valence-corrected chi connectivity index (χ3v) is 2.98. The van der Waals surface area contributed by atoms with Crippen molar-refractivity contribution in [2.24, 2.45) is 11.8 Å². The zero-order valence-corrected chi connectivity index (χ0v) is 9.13. The molecule has 2 rings (SSSR count). The molecule has 1 saturated carbocycles. The van der Waals surface area contributed by atoms with Crippen molar-refractivity contribution in [3.05, 3.63) is 12.2 Å². The first-order valence-corrected chi connectivity index (χ1v) is 5.42. The van der Waals surface area contributed by atoms with Crippen molar-refractivity contribution in [3.63, 3.8) is 0 Å². The average Bonchev–Trinajstić information content (AvgIpc) is 2.96. The number of hydrogen-bond donors (Lipinski definition) is 2. The van der Waals surface area contributed by atoms with Gasteiger partial charge in [-0.3, -0.25) is 9.59 Å². The molecule has 7 heteroatoms. The summed E-state index contributed by atoms with van der Waals surface area (Å²) in [5.41, 5.74) is 0. The average molecular weight is 239 g/mol. The summed E-state index contributed by atoms with van der Waals surface area (Å²) < 4.78 is 4.53. The van der Waals surface area contributed by atoms with E-state index in [0.717, 1.165) is 0 Å². The molecule has 92 valence electrons. The molecule has 1 fully saturated rings. The largest absolute Gasteiger partial charge is 0.481 e. The molecule has 0 saturated heterocycles. The number of nitrogens with zero attached hydrogens (tertiary/aromatic N) is 2. The van der Waals surface area contributed by atoms with E-state index in [0.29, 0.717) is 25.1 Å². The Morgan fingerprint density at radius 1 is 1.47 bits per heavy atom. The van der Waals surface area contributed by atoms with E-state index in [1.807, 2.05) is 0 Å². The van der Waals surface area contributed by atoms with Crippen LogP contribution in [0.5, 0.6) is 0 Å². The number of nitrogens with one attached hydrogen (secondary N) is 1. The van der Waals surface area contributed by atoms with Gasteiger partial charge in [0.25, 0.3) is 0 Å². The van der Waals surface area contributed by atoms with Gasteiger partial charge >= 0.3 is 5.97 Å². The highest BCUT2D eigenvalue weighted by Crippen LogP contribution is 2.31. The molecule has 0 spiro atoms. The van der Waals surface area contributed by atoms with E-state index in [1.165, 1.54) is 6.39 Å². The monoisotopic (exact) mass is 239 g/mol. The highest BCUT2D eigenvalue weighted by Gasteiger charge is 2.33. The van der Waals surface area contributed by atoms with Crippen LogP contribution in [0.15, 0.2) is 10.9 Å². The maximum atomic E-state index is 11.7. The van der Waals surface area contributed by atoms with Gasteiger partial charge in [-0.1, -0.05) is 5.16 Å². The van der Waals surface area contributed by atoms with Gasteiger partial charge in [0, 0.05) is 5.92 Å². The van der Waals surface area contributed by atoms with Gasteiger partial charge in [-0.25, -0.2) is 0 Å². The summed E-state index contributed by atoms with van der Waals surface area (Å²) in [6.07, 6.45) is 2.79. The van der Waals surface area contributed by atoms with Gasteiger partial charge in [-0.15, -0.1) is 0 Å². The van der Waals surface area contributed by atoms with Gasteiger partial charge in [0.15, 0.2) is 5.82 Å². The highest BCUT2D eigenvalue weighted by molar-refractivity contribution is 5.80. The lowest BCUT2D eigenvalue weighted by Crippen LogP contribution is -2.29. The molecule has 0 radical (unpaired) electrons. The second-order valence-corrected chi connectivity index (χ2v) is 4.11. The normalized spacial score (nSPS) is 23.5. The first kappa shape index (κ1) is 11.6. The first-order chi connectivity index (χ1) is 8.16. The molecule has 1 amide bonds. The Bertz CT molecular complexity index is 404. The number of rotatable bonds is 4. The van der Waals surface area contributed by atoms with E-state index in [9.17, 15) is 9.59 Å². The van der Waals surface area contributed by atoms with Crippen LogP contribution >= 0.6 is 0 Å². The van der Waals surface area contributed by atoms with Crippen molar-refractivity contribution < 1.29 is 19.2 Å². The summed E-state index contributed by atoms with van der Waals surface area (Å²) in [6.45, 7) is 0.212. The van der Waals surface area contributed by atoms with Crippen molar-refractivity contribution in [1.29, 1.82) is 0 Å². The molecule has 0 aliphatic heterocycles. The summed E-state index contributed by atoms with van der Waals surface area (Å²) in [5.74, 6) is -1.16. The molecule has 1 aromatic rings. The minimum absolute atomic E-state index is 0.140. The molecule has 0 unspecified atom stereocenters. The van der Waals surface area contributed by atoms with Gasteiger partial charge in [0.05, 0.1) is 12.5 Å². The Morgan fingerprint density at radius 2 is 2.24 bits per heavy atom. The quantitative estimate of drug-likeness (QED) is 0.776. The fraction of sp³-hybridized carbons (Fsp3) is 0.600. The summed E-state index contributed by atoms with van der Waals surface area (Å²) >= 11 is 0. The smallest absolute Gasteiger partial charge is 0.306 e. The molecule has 7 nitrogen and oxygen atoms in total. The Morgan fingerprint density at radius 3 is 2.82 bits per heavy atom. The third-order valence-electron chi connectivity index (χ3n) is 2.98. The number of carboxylic acids is 1. The maximum Gasteiger partial charge on any atom is 0.306 e.